The van der Waals surface area contributed by atoms with Crippen molar-refractivity contribution in [1.29, 1.82) is 0 Å². The molecule has 0 N–H and O–H groups in total. The molecule has 0 spiro atoms. The molecule has 0 aliphatic heterocycles. The molecule has 0 bridgehead atoms. The summed E-state index contributed by atoms with van der Waals surface area (Å²) in [4.78, 5) is 12.1. The first-order chi connectivity index (χ1) is 7.83. The van der Waals surface area contributed by atoms with Crippen molar-refractivity contribution in [3.63, 3.8) is 0 Å². The molecule has 0 unspecified atom stereocenters. The molecule has 0 saturated carbocycles. The molecule has 4 heteroatoms. The lowest BCUT2D eigenvalue weighted by atomic mass is 9.98. The standard InChI is InChI=1S/C13H17F2NO/c1-5-13(2,3)16(4)12-10(14)6-9(8-17)7-11(12)15/h6-8H,5H2,1-4H3. The Labute approximate surface area is 100 Å². The van der Waals surface area contributed by atoms with Crippen molar-refractivity contribution in [2.24, 2.45) is 0 Å². The highest BCUT2D eigenvalue weighted by molar-refractivity contribution is 5.76. The maximum absolute atomic E-state index is 13.8. The predicted octanol–water partition coefficient (Wildman–Crippen LogP) is 3.40. The fourth-order valence-electron chi connectivity index (χ4n) is 1.51. The van der Waals surface area contributed by atoms with Crippen LogP contribution in [0.3, 0.4) is 0 Å². The Balaban J connectivity index is 3.28. The summed E-state index contributed by atoms with van der Waals surface area (Å²) in [5, 5.41) is 0. The molecule has 1 rings (SSSR count). The minimum atomic E-state index is -0.712. The number of benzene rings is 1. The van der Waals surface area contributed by atoms with Crippen molar-refractivity contribution in [1.82, 2.24) is 0 Å². The molecule has 2 nitrogen and oxygen atoms in total. The van der Waals surface area contributed by atoms with Gasteiger partial charge in [0.15, 0.2) is 0 Å². The fourth-order valence-corrected chi connectivity index (χ4v) is 1.51. The van der Waals surface area contributed by atoms with Crippen molar-refractivity contribution in [3.8, 4) is 0 Å². The minimum Gasteiger partial charge on any atom is -0.365 e. The highest BCUT2D eigenvalue weighted by atomic mass is 19.1. The topological polar surface area (TPSA) is 20.3 Å². The zero-order valence-electron chi connectivity index (χ0n) is 10.6. The molecular formula is C13H17F2NO. The lowest BCUT2D eigenvalue weighted by Crippen LogP contribution is -2.41. The van der Waals surface area contributed by atoms with Crippen LogP contribution in [-0.4, -0.2) is 18.9 Å². The minimum absolute atomic E-state index is 0.00598. The first kappa shape index (κ1) is 13.6. The molecule has 17 heavy (non-hydrogen) atoms. The zero-order valence-corrected chi connectivity index (χ0v) is 10.6. The van der Waals surface area contributed by atoms with Gasteiger partial charge in [0, 0.05) is 18.2 Å². The summed E-state index contributed by atoms with van der Waals surface area (Å²) >= 11 is 0. The third-order valence-corrected chi connectivity index (χ3v) is 3.28. The van der Waals surface area contributed by atoms with Crippen molar-refractivity contribution in [2.45, 2.75) is 32.7 Å². The molecular weight excluding hydrogens is 224 g/mol. The van der Waals surface area contributed by atoms with E-state index in [0.717, 1.165) is 18.6 Å². The largest absolute Gasteiger partial charge is 0.365 e. The first-order valence-electron chi connectivity index (χ1n) is 5.51. The van der Waals surface area contributed by atoms with E-state index in [4.69, 9.17) is 0 Å². The van der Waals surface area contributed by atoms with E-state index in [1.54, 1.807) is 11.9 Å². The van der Waals surface area contributed by atoms with Crippen LogP contribution in [0.4, 0.5) is 14.5 Å². The molecule has 1 aromatic carbocycles. The molecule has 0 amide bonds. The molecule has 94 valence electrons. The van der Waals surface area contributed by atoms with E-state index >= 15 is 0 Å². The van der Waals surface area contributed by atoms with Crippen molar-refractivity contribution < 1.29 is 13.6 Å². The monoisotopic (exact) mass is 241 g/mol. The van der Waals surface area contributed by atoms with E-state index in [1.165, 1.54) is 0 Å². The second-order valence-electron chi connectivity index (χ2n) is 4.68. The van der Waals surface area contributed by atoms with Gasteiger partial charge in [0.1, 0.15) is 23.6 Å². The number of rotatable bonds is 4. The Morgan fingerprint density at radius 2 is 1.76 bits per heavy atom. The second kappa shape index (κ2) is 4.82. The molecule has 0 aliphatic rings. The maximum Gasteiger partial charge on any atom is 0.150 e. The average Bonchev–Trinajstić information content (AvgIpc) is 2.27. The third kappa shape index (κ3) is 2.62. The Hall–Kier alpha value is -1.45. The van der Waals surface area contributed by atoms with E-state index in [2.05, 4.69) is 0 Å². The van der Waals surface area contributed by atoms with Gasteiger partial charge in [-0.25, -0.2) is 8.78 Å². The van der Waals surface area contributed by atoms with Crippen LogP contribution in [0, 0.1) is 11.6 Å². The summed E-state index contributed by atoms with van der Waals surface area (Å²) < 4.78 is 27.5. The van der Waals surface area contributed by atoms with E-state index in [9.17, 15) is 13.6 Å². The number of anilines is 1. The number of carbonyl (C=O) groups excluding carboxylic acids is 1. The number of hydrogen-bond acceptors (Lipinski definition) is 2. The Kier molecular flexibility index (Phi) is 3.86. The van der Waals surface area contributed by atoms with E-state index < -0.39 is 11.6 Å². The number of nitrogens with zero attached hydrogens (tertiary/aromatic N) is 1. The van der Waals surface area contributed by atoms with Crippen LogP contribution >= 0.6 is 0 Å². The molecule has 0 aromatic heterocycles. The van der Waals surface area contributed by atoms with Crippen LogP contribution in [0.2, 0.25) is 0 Å². The van der Waals surface area contributed by atoms with Crippen LogP contribution in [0.1, 0.15) is 37.6 Å². The average molecular weight is 241 g/mol. The second-order valence-corrected chi connectivity index (χ2v) is 4.68. The summed E-state index contributed by atoms with van der Waals surface area (Å²) in [6.45, 7) is 5.76. The Morgan fingerprint density at radius 1 is 1.29 bits per heavy atom. The van der Waals surface area contributed by atoms with Gasteiger partial charge in [-0.05, 0) is 32.4 Å². The van der Waals surface area contributed by atoms with Crippen molar-refractivity contribution in [2.75, 3.05) is 11.9 Å². The first-order valence-corrected chi connectivity index (χ1v) is 5.51. The quantitative estimate of drug-likeness (QED) is 0.753. The van der Waals surface area contributed by atoms with Gasteiger partial charge in [0.25, 0.3) is 0 Å². The van der Waals surface area contributed by atoms with Gasteiger partial charge in [-0.2, -0.15) is 0 Å². The van der Waals surface area contributed by atoms with Gasteiger partial charge in [0.2, 0.25) is 0 Å². The molecule has 0 radical (unpaired) electrons. The summed E-state index contributed by atoms with van der Waals surface area (Å²) in [5.74, 6) is -1.42. The zero-order chi connectivity index (χ0) is 13.2. The van der Waals surface area contributed by atoms with Crippen LogP contribution in [0.25, 0.3) is 0 Å². The van der Waals surface area contributed by atoms with Crippen molar-refractivity contribution >= 4 is 12.0 Å². The molecule has 1 aromatic rings. The van der Waals surface area contributed by atoms with Crippen LogP contribution in [0.15, 0.2) is 12.1 Å². The number of carbonyl (C=O) groups is 1. The fraction of sp³-hybridized carbons (Fsp3) is 0.462. The summed E-state index contributed by atoms with van der Waals surface area (Å²) in [5.41, 5.74) is -0.446. The third-order valence-electron chi connectivity index (χ3n) is 3.28. The Morgan fingerprint density at radius 3 is 2.12 bits per heavy atom. The Bertz CT molecular complexity index is 406. The lowest BCUT2D eigenvalue weighted by Gasteiger charge is -2.37. The number of hydrogen-bond donors (Lipinski definition) is 0. The maximum atomic E-state index is 13.8. The predicted molar refractivity (Wildman–Crippen MR) is 64.5 cm³/mol. The smallest absolute Gasteiger partial charge is 0.150 e. The summed E-state index contributed by atoms with van der Waals surface area (Å²) in [6, 6.07) is 2.10. The molecule has 0 fully saturated rings. The lowest BCUT2D eigenvalue weighted by molar-refractivity contribution is 0.112. The van der Waals surface area contributed by atoms with E-state index in [1.807, 2.05) is 20.8 Å². The SMILES string of the molecule is CCC(C)(C)N(C)c1c(F)cc(C=O)cc1F. The van der Waals surface area contributed by atoms with Gasteiger partial charge >= 0.3 is 0 Å². The molecule has 0 aliphatic carbocycles. The highest BCUT2D eigenvalue weighted by Gasteiger charge is 2.26. The highest BCUT2D eigenvalue weighted by Crippen LogP contribution is 2.30. The number of halogens is 2. The van der Waals surface area contributed by atoms with Crippen LogP contribution in [-0.2, 0) is 0 Å². The van der Waals surface area contributed by atoms with Gasteiger partial charge in [-0.15, -0.1) is 0 Å². The summed E-state index contributed by atoms with van der Waals surface area (Å²) in [6.07, 6.45) is 1.18. The van der Waals surface area contributed by atoms with E-state index in [-0.39, 0.29) is 16.8 Å². The molecule has 0 saturated heterocycles. The van der Waals surface area contributed by atoms with Gasteiger partial charge in [-0.1, -0.05) is 6.92 Å². The van der Waals surface area contributed by atoms with Crippen molar-refractivity contribution in [3.05, 3.63) is 29.3 Å². The number of aldehydes is 1. The molecule has 0 heterocycles. The molecule has 0 atom stereocenters. The van der Waals surface area contributed by atoms with Crippen LogP contribution in [0.5, 0.6) is 0 Å². The van der Waals surface area contributed by atoms with Crippen LogP contribution < -0.4 is 4.90 Å². The van der Waals surface area contributed by atoms with E-state index in [0.29, 0.717) is 6.29 Å². The normalized spacial score (nSPS) is 11.4. The van der Waals surface area contributed by atoms with Gasteiger partial charge < -0.3 is 4.90 Å². The van der Waals surface area contributed by atoms with Gasteiger partial charge in [0.05, 0.1) is 0 Å². The summed E-state index contributed by atoms with van der Waals surface area (Å²) in [7, 11) is 1.64. The van der Waals surface area contributed by atoms with Gasteiger partial charge in [-0.3, -0.25) is 4.79 Å².